The Balaban J connectivity index is 1.46. The predicted molar refractivity (Wildman–Crippen MR) is 149 cm³/mol. The molecule has 2 amide bonds. The Morgan fingerprint density at radius 3 is 2.74 bits per heavy atom. The summed E-state index contributed by atoms with van der Waals surface area (Å²) in [7, 11) is 0. The van der Waals surface area contributed by atoms with Crippen LogP contribution >= 0.6 is 23.1 Å². The monoisotopic (exact) mass is 567 g/mol. The number of hydrogen-bond acceptors (Lipinski definition) is 9. The highest BCUT2D eigenvalue weighted by Crippen LogP contribution is 2.37. The summed E-state index contributed by atoms with van der Waals surface area (Å²) in [5, 5.41) is 36.3. The Bertz CT molecular complexity index is 1440. The third-order valence-electron chi connectivity index (χ3n) is 6.48. The van der Waals surface area contributed by atoms with Gasteiger partial charge in [0.2, 0.25) is 5.91 Å². The average Bonchev–Trinajstić information content (AvgIpc) is 3.50. The van der Waals surface area contributed by atoms with E-state index in [0.29, 0.717) is 28.1 Å². The number of benzene rings is 1. The van der Waals surface area contributed by atoms with E-state index in [4.69, 9.17) is 0 Å². The first-order chi connectivity index (χ1) is 18.7. The number of anilines is 1. The molecule has 0 spiro atoms. The van der Waals surface area contributed by atoms with Crippen LogP contribution in [0.15, 0.2) is 29.4 Å². The first-order valence-corrected chi connectivity index (χ1v) is 14.5. The van der Waals surface area contributed by atoms with Crippen molar-refractivity contribution in [3.8, 4) is 6.07 Å². The fourth-order valence-electron chi connectivity index (χ4n) is 4.51. The third-order valence-corrected chi connectivity index (χ3v) is 8.65. The molecule has 0 aliphatic heterocycles. The number of non-ortho nitro benzene ring substituents is 1. The van der Waals surface area contributed by atoms with Crippen molar-refractivity contribution in [2.24, 2.45) is 5.92 Å². The van der Waals surface area contributed by atoms with Gasteiger partial charge in [0.05, 0.1) is 22.3 Å². The summed E-state index contributed by atoms with van der Waals surface area (Å²) in [6.45, 7) is 6.30. The molecule has 0 radical (unpaired) electrons. The molecule has 1 aromatic carbocycles. The summed E-state index contributed by atoms with van der Waals surface area (Å²) in [6.07, 6.45) is 3.96. The van der Waals surface area contributed by atoms with Gasteiger partial charge in [0.1, 0.15) is 11.1 Å². The van der Waals surface area contributed by atoms with Crippen LogP contribution in [0.5, 0.6) is 0 Å². The number of nitrogens with one attached hydrogen (secondary N) is 2. The van der Waals surface area contributed by atoms with Gasteiger partial charge in [-0.15, -0.1) is 21.5 Å². The molecule has 1 aliphatic rings. The smallest absolute Gasteiger partial charge is 0.270 e. The van der Waals surface area contributed by atoms with E-state index >= 15 is 0 Å². The lowest BCUT2D eigenvalue weighted by atomic mass is 9.96. The molecule has 0 fully saturated rings. The summed E-state index contributed by atoms with van der Waals surface area (Å²) in [5.74, 6) is -0.132. The van der Waals surface area contributed by atoms with Crippen molar-refractivity contribution in [3.05, 3.63) is 61.8 Å². The van der Waals surface area contributed by atoms with Gasteiger partial charge in [-0.3, -0.25) is 19.7 Å². The number of nitro groups is 1. The standard InChI is InChI=1S/C26H29N7O4S2/c1-4-32-23(22(15(2)3)29-24(35)16-8-7-9-17(12-16)33(36)37)30-31-26(32)38-14-21(34)28-25-19(13-27)18-10-5-6-11-20(18)39-25/h7-9,12,15,22H,4-6,10-11,14H2,1-3H3,(H,28,34)(H,29,35)/t22-/m1/s1. The molecule has 2 aromatic heterocycles. The Labute approximate surface area is 234 Å². The third kappa shape index (κ3) is 6.29. The minimum absolute atomic E-state index is 0.0578. The molecule has 1 atom stereocenters. The van der Waals surface area contributed by atoms with Gasteiger partial charge in [0.25, 0.3) is 11.6 Å². The highest BCUT2D eigenvalue weighted by molar-refractivity contribution is 7.99. The minimum Gasteiger partial charge on any atom is -0.342 e. The molecule has 0 saturated heterocycles. The van der Waals surface area contributed by atoms with E-state index < -0.39 is 16.9 Å². The molecule has 11 nitrogen and oxygen atoms in total. The Morgan fingerprint density at radius 1 is 1.28 bits per heavy atom. The molecule has 0 unspecified atom stereocenters. The van der Waals surface area contributed by atoms with Crippen molar-refractivity contribution in [2.45, 2.75) is 64.2 Å². The highest BCUT2D eigenvalue weighted by atomic mass is 32.2. The maximum Gasteiger partial charge on any atom is 0.270 e. The lowest BCUT2D eigenvalue weighted by molar-refractivity contribution is -0.384. The van der Waals surface area contributed by atoms with Crippen molar-refractivity contribution in [1.29, 1.82) is 5.26 Å². The van der Waals surface area contributed by atoms with Crippen LogP contribution in [-0.4, -0.2) is 37.3 Å². The molecule has 13 heteroatoms. The molecule has 2 N–H and O–H groups in total. The van der Waals surface area contributed by atoms with E-state index in [0.717, 1.165) is 31.2 Å². The van der Waals surface area contributed by atoms with Crippen molar-refractivity contribution < 1.29 is 14.5 Å². The number of aromatic nitrogens is 3. The Hall–Kier alpha value is -3.76. The number of nitrogens with zero attached hydrogens (tertiary/aromatic N) is 5. The lowest BCUT2D eigenvalue weighted by Crippen LogP contribution is -2.33. The molecule has 4 rings (SSSR count). The van der Waals surface area contributed by atoms with E-state index in [9.17, 15) is 25.0 Å². The van der Waals surface area contributed by atoms with E-state index in [2.05, 4.69) is 26.9 Å². The van der Waals surface area contributed by atoms with Gasteiger partial charge in [-0.1, -0.05) is 31.7 Å². The lowest BCUT2D eigenvalue weighted by Gasteiger charge is -2.22. The van der Waals surface area contributed by atoms with Gasteiger partial charge in [0.15, 0.2) is 11.0 Å². The Morgan fingerprint density at radius 2 is 2.05 bits per heavy atom. The van der Waals surface area contributed by atoms with Gasteiger partial charge in [-0.2, -0.15) is 5.26 Å². The number of nitriles is 1. The fourth-order valence-corrected chi connectivity index (χ4v) is 6.58. The molecule has 204 valence electrons. The molecule has 1 aliphatic carbocycles. The first kappa shape index (κ1) is 28.3. The van der Waals surface area contributed by atoms with Gasteiger partial charge in [0, 0.05) is 29.1 Å². The van der Waals surface area contributed by atoms with Crippen LogP contribution in [0, 0.1) is 27.4 Å². The molecule has 39 heavy (non-hydrogen) atoms. The summed E-state index contributed by atoms with van der Waals surface area (Å²) < 4.78 is 1.85. The van der Waals surface area contributed by atoms with Crippen LogP contribution in [0.3, 0.4) is 0 Å². The summed E-state index contributed by atoms with van der Waals surface area (Å²) in [6, 6.07) is 7.30. The SMILES string of the molecule is CCn1c(SCC(=O)Nc2sc3c(c2C#N)CCCC3)nnc1[C@H](NC(=O)c1cccc([N+](=O)[O-])c1)C(C)C. The highest BCUT2D eigenvalue weighted by Gasteiger charge is 2.27. The molecule has 3 aromatic rings. The summed E-state index contributed by atoms with van der Waals surface area (Å²) in [4.78, 5) is 37.5. The van der Waals surface area contributed by atoms with E-state index in [1.165, 1.54) is 52.2 Å². The molecular weight excluding hydrogens is 538 g/mol. The minimum atomic E-state index is -0.544. The van der Waals surface area contributed by atoms with Crippen molar-refractivity contribution in [1.82, 2.24) is 20.1 Å². The largest absolute Gasteiger partial charge is 0.342 e. The Kier molecular flexibility index (Phi) is 8.98. The zero-order valence-corrected chi connectivity index (χ0v) is 23.5. The zero-order chi connectivity index (χ0) is 28.1. The van der Waals surface area contributed by atoms with Gasteiger partial charge < -0.3 is 15.2 Å². The van der Waals surface area contributed by atoms with Crippen molar-refractivity contribution >= 4 is 45.6 Å². The normalized spacial score (nSPS) is 13.4. The fraction of sp³-hybridized carbons (Fsp3) is 0.423. The van der Waals surface area contributed by atoms with Gasteiger partial charge in [-0.05, 0) is 50.2 Å². The van der Waals surface area contributed by atoms with E-state index in [1.54, 1.807) is 0 Å². The van der Waals surface area contributed by atoms with Crippen molar-refractivity contribution in [2.75, 3.05) is 11.1 Å². The van der Waals surface area contributed by atoms with Crippen LogP contribution in [0.4, 0.5) is 10.7 Å². The van der Waals surface area contributed by atoms with E-state index in [1.807, 2.05) is 25.3 Å². The van der Waals surface area contributed by atoms with Crippen LogP contribution in [0.25, 0.3) is 0 Å². The van der Waals surface area contributed by atoms with E-state index in [-0.39, 0.29) is 28.8 Å². The number of carbonyl (C=O) groups is 2. The van der Waals surface area contributed by atoms with Crippen LogP contribution in [0.1, 0.15) is 71.8 Å². The number of aryl methyl sites for hydroxylation is 1. The first-order valence-electron chi connectivity index (χ1n) is 12.7. The number of amides is 2. The maximum absolute atomic E-state index is 13.0. The summed E-state index contributed by atoms with van der Waals surface area (Å²) in [5.41, 5.74) is 1.66. The number of rotatable bonds is 10. The van der Waals surface area contributed by atoms with Crippen LogP contribution < -0.4 is 10.6 Å². The maximum atomic E-state index is 13.0. The quantitative estimate of drug-likeness (QED) is 0.200. The van der Waals surface area contributed by atoms with Crippen molar-refractivity contribution in [3.63, 3.8) is 0 Å². The van der Waals surface area contributed by atoms with Crippen LogP contribution in [-0.2, 0) is 24.2 Å². The number of fused-ring (bicyclic) bond motifs is 1. The predicted octanol–water partition coefficient (Wildman–Crippen LogP) is 4.88. The number of nitro benzene ring substituents is 1. The molecule has 0 bridgehead atoms. The van der Waals surface area contributed by atoms with Gasteiger partial charge in [-0.25, -0.2) is 0 Å². The number of hydrogen-bond donors (Lipinski definition) is 2. The number of thioether (sulfide) groups is 1. The molecule has 2 heterocycles. The second kappa shape index (κ2) is 12.4. The summed E-state index contributed by atoms with van der Waals surface area (Å²) >= 11 is 2.72. The number of thiophene rings is 1. The second-order valence-corrected chi connectivity index (χ2v) is 11.5. The topological polar surface area (TPSA) is 156 Å². The molecule has 0 saturated carbocycles. The number of carbonyl (C=O) groups excluding carboxylic acids is 2. The average molecular weight is 568 g/mol. The zero-order valence-electron chi connectivity index (χ0n) is 21.9. The van der Waals surface area contributed by atoms with Gasteiger partial charge >= 0.3 is 0 Å². The second-order valence-electron chi connectivity index (χ2n) is 9.45. The molecular formula is C26H29N7O4S2. The van der Waals surface area contributed by atoms with Crippen LogP contribution in [0.2, 0.25) is 0 Å².